The Morgan fingerprint density at radius 3 is 3.05 bits per heavy atom. The van der Waals surface area contributed by atoms with E-state index in [1.807, 2.05) is 18.2 Å². The van der Waals surface area contributed by atoms with Crippen LogP contribution in [0.25, 0.3) is 10.9 Å². The molecule has 7 heteroatoms. The minimum Gasteiger partial charge on any atom is -0.320 e. The van der Waals surface area contributed by atoms with Gasteiger partial charge in [0, 0.05) is 11.6 Å². The lowest BCUT2D eigenvalue weighted by Gasteiger charge is -2.05. The number of rotatable bonds is 3. The highest BCUT2D eigenvalue weighted by Crippen LogP contribution is 2.20. The van der Waals surface area contributed by atoms with Gasteiger partial charge in [-0.15, -0.1) is 0 Å². The molecule has 0 aliphatic rings. The molecule has 1 amide bonds. The fraction of sp³-hybridized carbons (Fsp3) is 0.0769. The zero-order chi connectivity index (χ0) is 13.9. The molecule has 100 valence electrons. The van der Waals surface area contributed by atoms with Gasteiger partial charge in [-0.25, -0.2) is 4.79 Å². The Morgan fingerprint density at radius 2 is 2.25 bits per heavy atom. The van der Waals surface area contributed by atoms with E-state index in [1.165, 1.54) is 10.9 Å². The lowest BCUT2D eigenvalue weighted by molar-refractivity contribution is -0.750. The molecule has 0 saturated carbocycles. The number of hydrogen-bond donors (Lipinski definition) is 2. The Hall–Kier alpha value is -2.96. The molecule has 0 radical (unpaired) electrons. The van der Waals surface area contributed by atoms with Gasteiger partial charge in [0.2, 0.25) is 0 Å². The first kappa shape index (κ1) is 12.1. The Kier molecular flexibility index (Phi) is 3.00. The van der Waals surface area contributed by atoms with Crippen molar-refractivity contribution < 1.29 is 14.0 Å². The molecule has 0 atom stereocenters. The second-order valence-electron chi connectivity index (χ2n) is 4.19. The van der Waals surface area contributed by atoms with Gasteiger partial charge in [-0.05, 0) is 29.5 Å². The Labute approximate surface area is 112 Å². The van der Waals surface area contributed by atoms with Crippen LogP contribution in [0.3, 0.4) is 0 Å². The van der Waals surface area contributed by atoms with Gasteiger partial charge in [-0.2, -0.15) is 0 Å². The first-order chi connectivity index (χ1) is 9.72. The lowest BCUT2D eigenvalue weighted by atomic mass is 10.2. The van der Waals surface area contributed by atoms with Crippen LogP contribution in [0.2, 0.25) is 0 Å². The Balaban J connectivity index is 1.82. The second kappa shape index (κ2) is 4.96. The maximum atomic E-state index is 11.9. The number of hydrogen-bond acceptors (Lipinski definition) is 4. The SMILES string of the molecule is O=C(C[n+]1cc(=O)o[nH]1)Nc1cccc2ncccc12. The normalized spacial score (nSPS) is 10.6. The zero-order valence-electron chi connectivity index (χ0n) is 10.4. The molecule has 0 aliphatic carbocycles. The summed E-state index contributed by atoms with van der Waals surface area (Å²) in [4.78, 5) is 27.0. The number of anilines is 1. The number of nitrogens with one attached hydrogen (secondary N) is 2. The van der Waals surface area contributed by atoms with E-state index in [2.05, 4.69) is 20.1 Å². The number of fused-ring (bicyclic) bond motifs is 1. The van der Waals surface area contributed by atoms with Crippen LogP contribution in [-0.4, -0.2) is 16.2 Å². The van der Waals surface area contributed by atoms with Crippen molar-refractivity contribution in [3.8, 4) is 0 Å². The van der Waals surface area contributed by atoms with Crippen LogP contribution >= 0.6 is 0 Å². The van der Waals surface area contributed by atoms with Crippen molar-refractivity contribution in [2.24, 2.45) is 0 Å². The van der Waals surface area contributed by atoms with Crippen molar-refractivity contribution in [1.29, 1.82) is 0 Å². The van der Waals surface area contributed by atoms with Gasteiger partial charge in [0.25, 0.3) is 18.6 Å². The van der Waals surface area contributed by atoms with E-state index in [1.54, 1.807) is 18.3 Å². The van der Waals surface area contributed by atoms with Crippen molar-refractivity contribution in [2.45, 2.75) is 6.54 Å². The van der Waals surface area contributed by atoms with Crippen molar-refractivity contribution in [3.63, 3.8) is 0 Å². The van der Waals surface area contributed by atoms with E-state index in [9.17, 15) is 9.59 Å². The fourth-order valence-electron chi connectivity index (χ4n) is 1.92. The maximum absolute atomic E-state index is 11.9. The predicted octanol–water partition coefficient (Wildman–Crippen LogP) is 0.442. The molecule has 3 aromatic rings. The maximum Gasteiger partial charge on any atom is 0.426 e. The number of aromatic nitrogens is 3. The van der Waals surface area contributed by atoms with Gasteiger partial charge in [0.1, 0.15) is 0 Å². The van der Waals surface area contributed by atoms with Gasteiger partial charge in [0.15, 0.2) is 0 Å². The highest BCUT2D eigenvalue weighted by molar-refractivity contribution is 6.00. The number of aromatic amines is 1. The summed E-state index contributed by atoms with van der Waals surface area (Å²) in [5, 5.41) is 5.95. The zero-order valence-corrected chi connectivity index (χ0v) is 10.4. The summed E-state index contributed by atoms with van der Waals surface area (Å²) >= 11 is 0. The van der Waals surface area contributed by atoms with Gasteiger partial charge < -0.3 is 5.32 Å². The summed E-state index contributed by atoms with van der Waals surface area (Å²) in [6, 6.07) is 9.17. The van der Waals surface area contributed by atoms with Crippen LogP contribution in [0, 0.1) is 0 Å². The minimum atomic E-state index is -0.535. The third-order valence-electron chi connectivity index (χ3n) is 2.76. The summed E-state index contributed by atoms with van der Waals surface area (Å²) in [7, 11) is 0. The second-order valence-corrected chi connectivity index (χ2v) is 4.19. The average molecular weight is 271 g/mol. The number of benzene rings is 1. The molecule has 2 aromatic heterocycles. The van der Waals surface area contributed by atoms with Crippen LogP contribution in [-0.2, 0) is 11.3 Å². The van der Waals surface area contributed by atoms with Gasteiger partial charge in [-0.1, -0.05) is 10.7 Å². The average Bonchev–Trinajstić information content (AvgIpc) is 2.84. The molecule has 20 heavy (non-hydrogen) atoms. The monoisotopic (exact) mass is 271 g/mol. The van der Waals surface area contributed by atoms with E-state index in [0.29, 0.717) is 5.69 Å². The third kappa shape index (κ3) is 2.41. The number of amides is 1. The number of H-pyrrole nitrogens is 1. The molecule has 7 nitrogen and oxygen atoms in total. The molecule has 0 aliphatic heterocycles. The van der Waals surface area contributed by atoms with E-state index in [0.717, 1.165) is 10.9 Å². The summed E-state index contributed by atoms with van der Waals surface area (Å²) in [5.74, 6) is -0.275. The van der Waals surface area contributed by atoms with Crippen molar-refractivity contribution in [2.75, 3.05) is 5.32 Å². The third-order valence-corrected chi connectivity index (χ3v) is 2.76. The van der Waals surface area contributed by atoms with Crippen LogP contribution in [0.5, 0.6) is 0 Å². The summed E-state index contributed by atoms with van der Waals surface area (Å²) in [6.45, 7) is -0.0393. The minimum absolute atomic E-state index is 0.0393. The van der Waals surface area contributed by atoms with Crippen LogP contribution < -0.4 is 15.6 Å². The highest BCUT2D eigenvalue weighted by atomic mass is 16.5. The molecule has 3 rings (SSSR count). The molecule has 0 unspecified atom stereocenters. The van der Waals surface area contributed by atoms with Crippen LogP contribution in [0.15, 0.2) is 52.0 Å². The van der Waals surface area contributed by atoms with Crippen molar-refractivity contribution >= 4 is 22.5 Å². The Bertz CT molecular complexity index is 816. The molecule has 2 heterocycles. The number of carbonyl (C=O) groups is 1. The summed E-state index contributed by atoms with van der Waals surface area (Å²) < 4.78 is 5.74. The van der Waals surface area contributed by atoms with E-state index in [4.69, 9.17) is 0 Å². The predicted molar refractivity (Wildman–Crippen MR) is 69.9 cm³/mol. The first-order valence-electron chi connectivity index (χ1n) is 5.94. The quantitative estimate of drug-likeness (QED) is 0.676. The highest BCUT2D eigenvalue weighted by Gasteiger charge is 2.14. The summed E-state index contributed by atoms with van der Waals surface area (Å²) in [5.41, 5.74) is 0.939. The van der Waals surface area contributed by atoms with Crippen molar-refractivity contribution in [1.82, 2.24) is 10.3 Å². The lowest BCUT2D eigenvalue weighted by Crippen LogP contribution is -2.41. The van der Waals surface area contributed by atoms with Gasteiger partial charge in [0.05, 0.1) is 11.2 Å². The smallest absolute Gasteiger partial charge is 0.320 e. The molecule has 1 aromatic carbocycles. The van der Waals surface area contributed by atoms with Gasteiger partial charge >= 0.3 is 5.63 Å². The van der Waals surface area contributed by atoms with Crippen molar-refractivity contribution in [3.05, 3.63) is 53.1 Å². The molecule has 0 fully saturated rings. The van der Waals surface area contributed by atoms with Crippen LogP contribution in [0.1, 0.15) is 0 Å². The Morgan fingerprint density at radius 1 is 1.35 bits per heavy atom. The van der Waals surface area contributed by atoms with E-state index < -0.39 is 5.63 Å². The van der Waals surface area contributed by atoms with E-state index >= 15 is 0 Å². The molecular formula is C13H11N4O3+. The van der Waals surface area contributed by atoms with Gasteiger partial charge in [-0.3, -0.25) is 14.3 Å². The largest absolute Gasteiger partial charge is 0.426 e. The molecule has 0 saturated heterocycles. The molecule has 0 bridgehead atoms. The fourth-order valence-corrected chi connectivity index (χ4v) is 1.92. The summed E-state index contributed by atoms with van der Waals surface area (Å²) in [6.07, 6.45) is 2.87. The number of carbonyl (C=O) groups excluding carboxylic acids is 1. The van der Waals surface area contributed by atoms with Crippen LogP contribution in [0.4, 0.5) is 5.69 Å². The molecular weight excluding hydrogens is 260 g/mol. The first-order valence-corrected chi connectivity index (χ1v) is 5.94. The molecule has 2 N–H and O–H groups in total. The topological polar surface area (TPSA) is 91.9 Å². The van der Waals surface area contributed by atoms with E-state index in [-0.39, 0.29) is 12.5 Å². The number of pyridine rings is 1. The number of nitrogens with zero attached hydrogens (tertiary/aromatic N) is 2. The molecule has 0 spiro atoms. The standard InChI is InChI=1S/C13H10N4O3/c18-12(7-17-8-13(19)20-16-17)15-11-5-1-4-10-9(11)3-2-6-14-10/h1-6,8H,7H2,(H-,14,15,16,18,19)/p+1.